The molecule has 0 saturated carbocycles. The molecule has 0 aromatic heterocycles. The minimum Gasteiger partial charge on any atom is -0.484 e. The van der Waals surface area contributed by atoms with E-state index in [0.717, 1.165) is 6.42 Å². The summed E-state index contributed by atoms with van der Waals surface area (Å²) in [7, 11) is 0. The Bertz CT molecular complexity index is 473. The van der Waals surface area contributed by atoms with Crippen molar-refractivity contribution in [3.05, 3.63) is 33.9 Å². The van der Waals surface area contributed by atoms with E-state index >= 15 is 0 Å². The fraction of sp³-hybridized carbons (Fsp3) is 0.364. The molecule has 3 N–H and O–H groups in total. The van der Waals surface area contributed by atoms with E-state index in [4.69, 9.17) is 15.7 Å². The van der Waals surface area contributed by atoms with E-state index in [0.29, 0.717) is 0 Å². The van der Waals surface area contributed by atoms with Gasteiger partial charge in [-0.05, 0) is 25.5 Å². The lowest BCUT2D eigenvalue weighted by Gasteiger charge is -2.12. The van der Waals surface area contributed by atoms with Crippen molar-refractivity contribution in [2.45, 2.75) is 26.4 Å². The quantitative estimate of drug-likeness (QED) is 0.273. The summed E-state index contributed by atoms with van der Waals surface area (Å²) in [6.07, 6.45) is 0.609. The van der Waals surface area contributed by atoms with Gasteiger partial charge in [0.25, 0.3) is 0 Å². The highest BCUT2D eigenvalue weighted by atomic mass is 16.6. The number of ether oxygens (including phenoxy) is 1. The van der Waals surface area contributed by atoms with Crippen molar-refractivity contribution in [1.82, 2.24) is 0 Å². The van der Waals surface area contributed by atoms with Gasteiger partial charge in [-0.3, -0.25) is 10.1 Å². The van der Waals surface area contributed by atoms with Gasteiger partial charge in [-0.25, -0.2) is 0 Å². The fourth-order valence-electron chi connectivity index (χ4n) is 1.28. The van der Waals surface area contributed by atoms with Crippen molar-refractivity contribution in [3.8, 4) is 5.75 Å². The Labute approximate surface area is 104 Å². The Morgan fingerprint density at radius 1 is 1.67 bits per heavy atom. The largest absolute Gasteiger partial charge is 0.484 e. The smallest absolute Gasteiger partial charge is 0.311 e. The van der Waals surface area contributed by atoms with Crippen LogP contribution in [0.5, 0.6) is 5.75 Å². The van der Waals surface area contributed by atoms with Crippen molar-refractivity contribution in [2.24, 2.45) is 10.9 Å². The van der Waals surface area contributed by atoms with Gasteiger partial charge in [0.15, 0.2) is 11.6 Å². The molecule has 1 atom stereocenters. The van der Waals surface area contributed by atoms with E-state index in [9.17, 15) is 10.1 Å². The summed E-state index contributed by atoms with van der Waals surface area (Å²) in [5, 5.41) is 22.3. The van der Waals surface area contributed by atoms with Gasteiger partial charge in [-0.1, -0.05) is 12.1 Å². The van der Waals surface area contributed by atoms with Gasteiger partial charge in [0.1, 0.15) is 0 Å². The van der Waals surface area contributed by atoms with E-state index in [1.165, 1.54) is 18.2 Å². The monoisotopic (exact) mass is 253 g/mol. The van der Waals surface area contributed by atoms with Gasteiger partial charge in [-0.2, -0.15) is 0 Å². The second kappa shape index (κ2) is 5.85. The third kappa shape index (κ3) is 3.09. The molecular formula is C11H15N3O4. The summed E-state index contributed by atoms with van der Waals surface area (Å²) < 4.78 is 5.44. The number of nitro groups is 1. The minimum atomic E-state index is -0.564. The number of hydrogen-bond acceptors (Lipinski definition) is 5. The number of nitrogens with two attached hydrogens (primary N) is 1. The third-order valence-corrected chi connectivity index (χ3v) is 2.46. The summed E-state index contributed by atoms with van der Waals surface area (Å²) in [5.74, 6) is -0.0166. The van der Waals surface area contributed by atoms with Crippen LogP contribution in [-0.4, -0.2) is 22.1 Å². The van der Waals surface area contributed by atoms with Crippen LogP contribution in [-0.2, 0) is 0 Å². The Morgan fingerprint density at radius 3 is 2.83 bits per heavy atom. The molecule has 1 aromatic carbocycles. The third-order valence-electron chi connectivity index (χ3n) is 2.46. The number of oxime groups is 1. The molecule has 0 amide bonds. The van der Waals surface area contributed by atoms with Crippen molar-refractivity contribution >= 4 is 11.5 Å². The Hall–Kier alpha value is -2.31. The zero-order valence-corrected chi connectivity index (χ0v) is 10.2. The SMILES string of the molecule is CCC(C)Oc1ccc(/C(N)=N/O)cc1[N+](=O)[O-]. The number of rotatable bonds is 5. The summed E-state index contributed by atoms with van der Waals surface area (Å²) in [5.41, 5.74) is 5.43. The minimum absolute atomic E-state index is 0.126. The molecule has 0 bridgehead atoms. The number of nitrogens with zero attached hydrogens (tertiary/aromatic N) is 2. The summed E-state index contributed by atoms with van der Waals surface area (Å²) in [6, 6.07) is 4.16. The second-order valence-corrected chi connectivity index (χ2v) is 3.76. The van der Waals surface area contributed by atoms with Crippen LogP contribution in [0.2, 0.25) is 0 Å². The number of nitro benzene ring substituents is 1. The van der Waals surface area contributed by atoms with Gasteiger partial charge in [0.2, 0.25) is 0 Å². The summed E-state index contributed by atoms with van der Waals surface area (Å²) in [6.45, 7) is 3.74. The first-order chi connectivity index (χ1) is 8.49. The van der Waals surface area contributed by atoms with Gasteiger partial charge in [0.05, 0.1) is 11.0 Å². The van der Waals surface area contributed by atoms with Gasteiger partial charge < -0.3 is 15.7 Å². The molecule has 0 fully saturated rings. The van der Waals surface area contributed by atoms with Crippen LogP contribution in [0.15, 0.2) is 23.4 Å². The number of hydrogen-bond donors (Lipinski definition) is 2. The van der Waals surface area contributed by atoms with Crippen LogP contribution in [0, 0.1) is 10.1 Å². The fourth-order valence-corrected chi connectivity index (χ4v) is 1.28. The van der Waals surface area contributed by atoms with Gasteiger partial charge >= 0.3 is 5.69 Å². The molecular weight excluding hydrogens is 238 g/mol. The van der Waals surface area contributed by atoms with Crippen LogP contribution in [0.4, 0.5) is 5.69 Å². The van der Waals surface area contributed by atoms with Crippen LogP contribution >= 0.6 is 0 Å². The van der Waals surface area contributed by atoms with E-state index < -0.39 is 4.92 Å². The van der Waals surface area contributed by atoms with E-state index in [2.05, 4.69) is 5.16 Å². The standard InChI is InChI=1S/C11H15N3O4/c1-3-7(2)18-10-5-4-8(11(12)13-15)6-9(10)14(16)17/h4-7,15H,3H2,1-2H3,(H2,12,13). The predicted octanol–water partition coefficient (Wildman–Crippen LogP) is 1.87. The van der Waals surface area contributed by atoms with Gasteiger partial charge in [-0.15, -0.1) is 0 Å². The number of benzene rings is 1. The zero-order chi connectivity index (χ0) is 13.7. The maximum Gasteiger partial charge on any atom is 0.311 e. The average molecular weight is 253 g/mol. The lowest BCUT2D eigenvalue weighted by atomic mass is 10.1. The van der Waals surface area contributed by atoms with E-state index in [1.54, 1.807) is 0 Å². The molecule has 0 aliphatic carbocycles. The van der Waals surface area contributed by atoms with Crippen LogP contribution in [0.1, 0.15) is 25.8 Å². The highest BCUT2D eigenvalue weighted by molar-refractivity contribution is 5.97. The first-order valence-electron chi connectivity index (χ1n) is 5.42. The molecule has 1 aromatic rings. The molecule has 1 rings (SSSR count). The molecule has 0 radical (unpaired) electrons. The average Bonchev–Trinajstić information content (AvgIpc) is 2.37. The zero-order valence-electron chi connectivity index (χ0n) is 10.2. The molecule has 0 aliphatic rings. The molecule has 7 heteroatoms. The lowest BCUT2D eigenvalue weighted by molar-refractivity contribution is -0.386. The molecule has 18 heavy (non-hydrogen) atoms. The maximum atomic E-state index is 10.9. The molecule has 0 heterocycles. The van der Waals surface area contributed by atoms with Crippen LogP contribution < -0.4 is 10.5 Å². The van der Waals surface area contributed by atoms with Crippen LogP contribution in [0.3, 0.4) is 0 Å². The first kappa shape index (κ1) is 13.8. The summed E-state index contributed by atoms with van der Waals surface area (Å²) in [4.78, 5) is 10.4. The summed E-state index contributed by atoms with van der Waals surface area (Å²) >= 11 is 0. The van der Waals surface area contributed by atoms with E-state index in [-0.39, 0.29) is 28.9 Å². The molecule has 0 spiro atoms. The first-order valence-corrected chi connectivity index (χ1v) is 5.42. The second-order valence-electron chi connectivity index (χ2n) is 3.76. The molecule has 98 valence electrons. The lowest BCUT2D eigenvalue weighted by Crippen LogP contribution is -2.15. The highest BCUT2D eigenvalue weighted by Gasteiger charge is 2.18. The van der Waals surface area contributed by atoms with Crippen molar-refractivity contribution < 1.29 is 14.9 Å². The predicted molar refractivity (Wildman–Crippen MR) is 66.0 cm³/mol. The molecule has 0 aliphatic heterocycles. The van der Waals surface area contributed by atoms with Crippen LogP contribution in [0.25, 0.3) is 0 Å². The Morgan fingerprint density at radius 2 is 2.33 bits per heavy atom. The maximum absolute atomic E-state index is 10.9. The molecule has 7 nitrogen and oxygen atoms in total. The topological polar surface area (TPSA) is 111 Å². The van der Waals surface area contributed by atoms with Crippen molar-refractivity contribution in [1.29, 1.82) is 0 Å². The Balaban J connectivity index is 3.16. The van der Waals surface area contributed by atoms with Crippen molar-refractivity contribution in [3.63, 3.8) is 0 Å². The van der Waals surface area contributed by atoms with Crippen molar-refractivity contribution in [2.75, 3.05) is 0 Å². The Kier molecular flexibility index (Phi) is 4.47. The molecule has 1 unspecified atom stereocenters. The molecule has 0 saturated heterocycles. The normalized spacial score (nSPS) is 13.1. The van der Waals surface area contributed by atoms with Gasteiger partial charge in [0, 0.05) is 11.6 Å². The highest BCUT2D eigenvalue weighted by Crippen LogP contribution is 2.29. The number of amidine groups is 1. The van der Waals surface area contributed by atoms with E-state index in [1.807, 2.05) is 13.8 Å².